The highest BCUT2D eigenvalue weighted by atomic mass is 16.1. The molecule has 3 atom stereocenters. The average molecular weight is 374 g/mol. The average Bonchev–Trinajstić information content (AvgIpc) is 2.73. The Morgan fingerprint density at radius 3 is 2.82 bits per heavy atom. The monoisotopic (exact) mass is 373 g/mol. The highest BCUT2D eigenvalue weighted by Crippen LogP contribution is 2.56. The number of aryl methyl sites for hydroxylation is 1. The molecule has 2 aliphatic carbocycles. The maximum absolute atomic E-state index is 12.1. The summed E-state index contributed by atoms with van der Waals surface area (Å²) >= 11 is 0. The van der Waals surface area contributed by atoms with Gasteiger partial charge in [-0.15, -0.1) is 0 Å². The number of hydrogen-bond donors (Lipinski definition) is 0. The third-order valence-corrected chi connectivity index (χ3v) is 7.93. The van der Waals surface area contributed by atoms with Gasteiger partial charge in [0.1, 0.15) is 0 Å². The number of carbonyl (C=O) groups is 1. The molecular formula is C26H31NO. The number of para-hydroxylation sites is 1. The standard InChI is InChI=1S/C26H31NO/c1-3-19-8-4-5-10-24(19)27-15-14-26-13-7-6-9-22(26)25(27)17-21-12-11-20(18(2)28)16-23(21)26/h4-5,8,10-12,16,22,25H,3,6-7,9,13-15,17H2,1-2H3/t22-,25+,26+/m0/s1. The Morgan fingerprint density at radius 2 is 2.00 bits per heavy atom. The highest BCUT2D eigenvalue weighted by Gasteiger charge is 2.54. The minimum absolute atomic E-state index is 0.197. The van der Waals surface area contributed by atoms with Gasteiger partial charge in [-0.3, -0.25) is 4.79 Å². The van der Waals surface area contributed by atoms with Crippen molar-refractivity contribution in [3.63, 3.8) is 0 Å². The largest absolute Gasteiger partial charge is 0.368 e. The summed E-state index contributed by atoms with van der Waals surface area (Å²) in [6, 6.07) is 16.2. The van der Waals surface area contributed by atoms with E-state index in [1.54, 1.807) is 6.92 Å². The van der Waals surface area contributed by atoms with E-state index in [-0.39, 0.29) is 5.78 Å². The summed E-state index contributed by atoms with van der Waals surface area (Å²) in [5.41, 5.74) is 7.13. The molecule has 2 heteroatoms. The van der Waals surface area contributed by atoms with Crippen LogP contribution in [0.25, 0.3) is 0 Å². The van der Waals surface area contributed by atoms with Crippen molar-refractivity contribution in [1.29, 1.82) is 0 Å². The van der Waals surface area contributed by atoms with Crippen molar-refractivity contribution in [1.82, 2.24) is 0 Å². The summed E-state index contributed by atoms with van der Waals surface area (Å²) in [6.07, 6.45) is 8.75. The Labute approximate surface area is 169 Å². The maximum Gasteiger partial charge on any atom is 0.159 e. The van der Waals surface area contributed by atoms with Crippen LogP contribution in [-0.4, -0.2) is 18.4 Å². The van der Waals surface area contributed by atoms with E-state index < -0.39 is 0 Å². The fraction of sp³-hybridized carbons (Fsp3) is 0.500. The number of fused-ring (bicyclic) bond motifs is 1. The lowest BCUT2D eigenvalue weighted by atomic mass is 9.52. The molecule has 1 aliphatic heterocycles. The molecule has 2 nitrogen and oxygen atoms in total. The second kappa shape index (κ2) is 6.76. The van der Waals surface area contributed by atoms with Crippen LogP contribution in [-0.2, 0) is 18.3 Å². The molecule has 3 aliphatic rings. The van der Waals surface area contributed by atoms with Gasteiger partial charge in [0.2, 0.25) is 0 Å². The van der Waals surface area contributed by atoms with Gasteiger partial charge in [-0.25, -0.2) is 0 Å². The predicted molar refractivity (Wildman–Crippen MR) is 115 cm³/mol. The van der Waals surface area contributed by atoms with Crippen LogP contribution in [0.4, 0.5) is 5.69 Å². The molecule has 2 aromatic carbocycles. The number of carbonyl (C=O) groups excluding carboxylic acids is 1. The summed E-state index contributed by atoms with van der Waals surface area (Å²) in [5, 5.41) is 0. The molecule has 28 heavy (non-hydrogen) atoms. The molecule has 1 heterocycles. The second-order valence-corrected chi connectivity index (χ2v) is 9.13. The lowest BCUT2D eigenvalue weighted by Crippen LogP contribution is -2.61. The SMILES string of the molecule is CCc1ccccc1N1CC[C@]23CCCC[C@H]2[C@H]1Cc1ccc(C(C)=O)cc13. The number of anilines is 1. The van der Waals surface area contributed by atoms with Crippen molar-refractivity contribution in [2.24, 2.45) is 5.92 Å². The van der Waals surface area contributed by atoms with Crippen molar-refractivity contribution < 1.29 is 4.79 Å². The molecule has 146 valence electrons. The zero-order valence-corrected chi connectivity index (χ0v) is 17.2. The van der Waals surface area contributed by atoms with E-state index >= 15 is 0 Å². The first kappa shape index (κ1) is 18.0. The van der Waals surface area contributed by atoms with Crippen molar-refractivity contribution >= 4 is 11.5 Å². The Kier molecular flexibility index (Phi) is 4.34. The van der Waals surface area contributed by atoms with Gasteiger partial charge in [-0.05, 0) is 73.8 Å². The normalized spacial score (nSPS) is 28.4. The Hall–Kier alpha value is -2.09. The van der Waals surface area contributed by atoms with E-state index in [0.29, 0.717) is 11.5 Å². The molecule has 0 amide bonds. The van der Waals surface area contributed by atoms with E-state index in [1.165, 1.54) is 54.5 Å². The Morgan fingerprint density at radius 1 is 1.14 bits per heavy atom. The molecule has 2 aromatic rings. The van der Waals surface area contributed by atoms with Gasteiger partial charge in [0.25, 0.3) is 0 Å². The van der Waals surface area contributed by atoms with E-state index in [4.69, 9.17) is 0 Å². The third-order valence-electron chi connectivity index (χ3n) is 7.93. The first-order chi connectivity index (χ1) is 13.6. The molecule has 2 bridgehead atoms. The zero-order chi connectivity index (χ0) is 19.3. The van der Waals surface area contributed by atoms with E-state index in [0.717, 1.165) is 30.9 Å². The van der Waals surface area contributed by atoms with Crippen molar-refractivity contribution in [3.8, 4) is 0 Å². The molecular weight excluding hydrogens is 342 g/mol. The molecule has 0 unspecified atom stereocenters. The lowest BCUT2D eigenvalue weighted by Gasteiger charge is -2.60. The second-order valence-electron chi connectivity index (χ2n) is 9.13. The molecule has 0 spiro atoms. The van der Waals surface area contributed by atoms with E-state index in [1.807, 2.05) is 0 Å². The fourth-order valence-corrected chi connectivity index (χ4v) is 6.61. The number of Topliss-reactive ketones (excluding diaryl/α,β-unsaturated/α-hetero) is 1. The van der Waals surface area contributed by atoms with Crippen molar-refractivity contribution in [3.05, 3.63) is 64.7 Å². The van der Waals surface area contributed by atoms with Crippen LogP contribution in [0.5, 0.6) is 0 Å². The number of benzene rings is 2. The first-order valence-electron chi connectivity index (χ1n) is 11.1. The van der Waals surface area contributed by atoms with Crippen molar-refractivity contribution in [2.45, 2.75) is 70.3 Å². The van der Waals surface area contributed by atoms with Crippen LogP contribution in [0.1, 0.15) is 73.0 Å². The Balaban J connectivity index is 1.63. The van der Waals surface area contributed by atoms with Gasteiger partial charge in [0.15, 0.2) is 5.78 Å². The number of nitrogens with zero attached hydrogens (tertiary/aromatic N) is 1. The predicted octanol–water partition coefficient (Wildman–Crippen LogP) is 5.71. The molecule has 0 radical (unpaired) electrons. The number of piperidine rings is 1. The van der Waals surface area contributed by atoms with Gasteiger partial charge in [0, 0.05) is 29.3 Å². The summed E-state index contributed by atoms with van der Waals surface area (Å²) in [4.78, 5) is 14.8. The molecule has 5 rings (SSSR count). The summed E-state index contributed by atoms with van der Waals surface area (Å²) in [5.74, 6) is 0.914. The Bertz CT molecular complexity index is 916. The van der Waals surface area contributed by atoms with Crippen LogP contribution in [0.15, 0.2) is 42.5 Å². The number of rotatable bonds is 3. The molecule has 1 saturated heterocycles. The van der Waals surface area contributed by atoms with E-state index in [2.05, 4.69) is 54.3 Å². The molecule has 0 N–H and O–H groups in total. The van der Waals surface area contributed by atoms with Gasteiger partial charge in [-0.1, -0.05) is 50.1 Å². The van der Waals surface area contributed by atoms with Gasteiger partial charge < -0.3 is 4.90 Å². The smallest absolute Gasteiger partial charge is 0.159 e. The highest BCUT2D eigenvalue weighted by molar-refractivity contribution is 5.94. The topological polar surface area (TPSA) is 20.3 Å². The summed E-state index contributed by atoms with van der Waals surface area (Å²) in [7, 11) is 0. The van der Waals surface area contributed by atoms with Crippen LogP contribution in [0.2, 0.25) is 0 Å². The fourth-order valence-electron chi connectivity index (χ4n) is 6.61. The minimum atomic E-state index is 0.197. The quantitative estimate of drug-likeness (QED) is 0.642. The molecule has 0 aromatic heterocycles. The van der Waals surface area contributed by atoms with Gasteiger partial charge >= 0.3 is 0 Å². The van der Waals surface area contributed by atoms with Crippen LogP contribution in [0, 0.1) is 5.92 Å². The number of ketones is 1. The minimum Gasteiger partial charge on any atom is -0.368 e. The summed E-state index contributed by atoms with van der Waals surface area (Å²) in [6.45, 7) is 5.11. The molecule has 2 fully saturated rings. The molecule has 1 saturated carbocycles. The van der Waals surface area contributed by atoms with Crippen LogP contribution >= 0.6 is 0 Å². The first-order valence-corrected chi connectivity index (χ1v) is 11.1. The van der Waals surface area contributed by atoms with Crippen LogP contribution < -0.4 is 4.90 Å². The maximum atomic E-state index is 12.1. The van der Waals surface area contributed by atoms with Crippen LogP contribution in [0.3, 0.4) is 0 Å². The summed E-state index contributed by atoms with van der Waals surface area (Å²) < 4.78 is 0. The third kappa shape index (κ3) is 2.57. The van der Waals surface area contributed by atoms with E-state index in [9.17, 15) is 4.79 Å². The van der Waals surface area contributed by atoms with Gasteiger partial charge in [-0.2, -0.15) is 0 Å². The van der Waals surface area contributed by atoms with Crippen molar-refractivity contribution in [2.75, 3.05) is 11.4 Å². The zero-order valence-electron chi connectivity index (χ0n) is 17.2. The number of hydrogen-bond acceptors (Lipinski definition) is 2. The van der Waals surface area contributed by atoms with Gasteiger partial charge in [0.05, 0.1) is 0 Å². The lowest BCUT2D eigenvalue weighted by molar-refractivity contribution is 0.0973.